The van der Waals surface area contributed by atoms with Crippen LogP contribution in [0.1, 0.15) is 0 Å². The van der Waals surface area contributed by atoms with E-state index in [1.165, 1.54) is 19.2 Å². The molecule has 0 radical (unpaired) electrons. The van der Waals surface area contributed by atoms with Crippen molar-refractivity contribution in [1.29, 1.82) is 0 Å². The quantitative estimate of drug-likeness (QED) is 0.268. The van der Waals surface area contributed by atoms with Gasteiger partial charge < -0.3 is 0 Å². The van der Waals surface area contributed by atoms with Gasteiger partial charge in [0.25, 0.3) is 0 Å². The van der Waals surface area contributed by atoms with Crippen molar-refractivity contribution >= 4 is 54.9 Å². The van der Waals surface area contributed by atoms with Gasteiger partial charge in [-0.15, -0.1) is 22.7 Å². The first-order chi connectivity index (χ1) is 15.3. The number of nitrogens with zero attached hydrogens (tertiary/aromatic N) is 2. The third-order valence-electron chi connectivity index (χ3n) is 5.03. The maximum absolute atomic E-state index is 4.76. The molecule has 0 bridgehead atoms. The Bertz CT molecular complexity index is 1310. The number of rotatable bonds is 4. The summed E-state index contributed by atoms with van der Waals surface area (Å²) < 4.78 is 2.45. The molecule has 0 aliphatic rings. The molecule has 31 heavy (non-hydrogen) atoms. The Hall–Kier alpha value is -2.99. The van der Waals surface area contributed by atoms with E-state index in [0.29, 0.717) is 0 Å². The minimum absolute atomic E-state index is 1.06. The van der Waals surface area contributed by atoms with Crippen LogP contribution in [0.5, 0.6) is 0 Å². The molecule has 0 fully saturated rings. The Morgan fingerprint density at radius 2 is 0.903 bits per heavy atom. The number of hydrogen-bond donors (Lipinski definition) is 0. The fraction of sp³-hybridized carbons (Fsp3) is 0. The maximum Gasteiger partial charge on any atom is 0.124 e. The van der Waals surface area contributed by atoms with E-state index >= 15 is 0 Å². The monoisotopic (exact) mass is 452 g/mol. The predicted molar refractivity (Wildman–Crippen MR) is 134 cm³/mol. The zero-order valence-corrected chi connectivity index (χ0v) is 18.8. The lowest BCUT2D eigenvalue weighted by Gasteiger charge is -2.04. The average Bonchev–Trinajstić information content (AvgIpc) is 3.44. The lowest BCUT2D eigenvalue weighted by atomic mass is 10.2. The van der Waals surface area contributed by atoms with Gasteiger partial charge in [-0.1, -0.05) is 60.3 Å². The van der Waals surface area contributed by atoms with Crippen LogP contribution in [0.15, 0.2) is 107 Å². The van der Waals surface area contributed by atoms with E-state index in [1.807, 2.05) is 12.1 Å². The van der Waals surface area contributed by atoms with Crippen LogP contribution in [-0.2, 0) is 0 Å². The molecule has 2 aromatic heterocycles. The van der Waals surface area contributed by atoms with Crippen molar-refractivity contribution in [3.8, 4) is 21.1 Å². The van der Waals surface area contributed by atoms with Gasteiger partial charge in [-0.25, -0.2) is 9.97 Å². The molecule has 0 spiro atoms. The van der Waals surface area contributed by atoms with Crippen LogP contribution >= 0.6 is 34.4 Å². The third kappa shape index (κ3) is 3.76. The number of thiazole rings is 2. The second-order valence-electron chi connectivity index (χ2n) is 7.12. The van der Waals surface area contributed by atoms with Crippen molar-refractivity contribution in [3.63, 3.8) is 0 Å². The maximum atomic E-state index is 4.76. The molecule has 0 N–H and O–H groups in total. The summed E-state index contributed by atoms with van der Waals surface area (Å²) in [6.07, 6.45) is 0. The van der Waals surface area contributed by atoms with Gasteiger partial charge in [-0.05, 0) is 48.5 Å². The summed E-state index contributed by atoms with van der Waals surface area (Å²) in [5.74, 6) is 0. The molecule has 148 valence electrons. The van der Waals surface area contributed by atoms with E-state index in [0.717, 1.165) is 32.2 Å². The third-order valence-corrected chi connectivity index (χ3v) is 8.21. The van der Waals surface area contributed by atoms with Crippen molar-refractivity contribution in [1.82, 2.24) is 9.97 Å². The molecule has 2 nitrogen and oxygen atoms in total. The van der Waals surface area contributed by atoms with Crippen molar-refractivity contribution in [3.05, 3.63) is 97.1 Å². The largest absolute Gasteiger partial charge is 0.236 e. The van der Waals surface area contributed by atoms with Crippen LogP contribution in [0.2, 0.25) is 0 Å². The molecule has 0 saturated carbocycles. The van der Waals surface area contributed by atoms with Crippen LogP contribution in [0.4, 0.5) is 0 Å². The highest BCUT2D eigenvalue weighted by Gasteiger charge is 2.08. The van der Waals surface area contributed by atoms with Crippen LogP contribution in [0.25, 0.3) is 41.6 Å². The van der Waals surface area contributed by atoms with Crippen molar-refractivity contribution in [2.24, 2.45) is 0 Å². The highest BCUT2D eigenvalue weighted by molar-refractivity contribution is 7.99. The molecule has 4 aromatic carbocycles. The van der Waals surface area contributed by atoms with Gasteiger partial charge in [-0.2, -0.15) is 0 Å². The molecule has 0 aliphatic carbocycles. The number of fused-ring (bicyclic) bond motifs is 2. The minimum atomic E-state index is 1.06. The molecule has 0 unspecified atom stereocenters. The Kier molecular flexibility index (Phi) is 4.80. The molecular weight excluding hydrogens is 437 g/mol. The smallest absolute Gasteiger partial charge is 0.124 e. The van der Waals surface area contributed by atoms with Gasteiger partial charge in [0.15, 0.2) is 0 Å². The summed E-state index contributed by atoms with van der Waals surface area (Å²) in [4.78, 5) is 12.0. The van der Waals surface area contributed by atoms with E-state index in [1.54, 1.807) is 34.4 Å². The molecule has 0 saturated heterocycles. The summed E-state index contributed by atoms with van der Waals surface area (Å²) in [7, 11) is 0. The summed E-state index contributed by atoms with van der Waals surface area (Å²) in [5.41, 5.74) is 4.46. The summed E-state index contributed by atoms with van der Waals surface area (Å²) >= 11 is 5.25. The van der Waals surface area contributed by atoms with E-state index in [2.05, 4.69) is 84.9 Å². The molecule has 0 amide bonds. The van der Waals surface area contributed by atoms with Gasteiger partial charge in [0.2, 0.25) is 0 Å². The molecule has 6 rings (SSSR count). The Morgan fingerprint density at radius 1 is 0.484 bits per heavy atom. The standard InChI is InChI=1S/C26H16N2S3/c1-3-7-23-21(5-1)27-25(30-23)17-9-13-19(14-10-17)29-20-15-11-18(12-16-20)26-28-22-6-2-4-8-24(22)31-26/h1-16H. The van der Waals surface area contributed by atoms with Crippen molar-refractivity contribution < 1.29 is 0 Å². The van der Waals surface area contributed by atoms with Crippen LogP contribution in [-0.4, -0.2) is 9.97 Å². The van der Waals surface area contributed by atoms with Crippen molar-refractivity contribution in [2.75, 3.05) is 0 Å². The van der Waals surface area contributed by atoms with Crippen LogP contribution in [0.3, 0.4) is 0 Å². The Balaban J connectivity index is 1.20. The van der Waals surface area contributed by atoms with E-state index < -0.39 is 0 Å². The first-order valence-corrected chi connectivity index (χ1v) is 12.4. The minimum Gasteiger partial charge on any atom is -0.236 e. The van der Waals surface area contributed by atoms with Gasteiger partial charge in [0.05, 0.1) is 20.4 Å². The molecule has 0 aliphatic heterocycles. The lowest BCUT2D eigenvalue weighted by Crippen LogP contribution is -1.79. The second-order valence-corrected chi connectivity index (χ2v) is 10.3. The predicted octanol–water partition coefficient (Wildman–Crippen LogP) is 8.39. The topological polar surface area (TPSA) is 25.8 Å². The van der Waals surface area contributed by atoms with Gasteiger partial charge in [-0.3, -0.25) is 0 Å². The van der Waals surface area contributed by atoms with Gasteiger partial charge >= 0.3 is 0 Å². The molecule has 0 atom stereocenters. The number of hydrogen-bond acceptors (Lipinski definition) is 5. The molecule has 2 heterocycles. The zero-order chi connectivity index (χ0) is 20.6. The van der Waals surface area contributed by atoms with E-state index in [-0.39, 0.29) is 0 Å². The first-order valence-electron chi connectivity index (χ1n) is 9.92. The molecular formula is C26H16N2S3. The van der Waals surface area contributed by atoms with Gasteiger partial charge in [0, 0.05) is 20.9 Å². The van der Waals surface area contributed by atoms with Crippen LogP contribution < -0.4 is 0 Å². The lowest BCUT2D eigenvalue weighted by molar-refractivity contribution is 1.39. The fourth-order valence-corrected chi connectivity index (χ4v) is 6.22. The highest BCUT2D eigenvalue weighted by atomic mass is 32.2. The number of para-hydroxylation sites is 2. The summed E-state index contributed by atoms with van der Waals surface area (Å²) in [6, 6.07) is 33.9. The summed E-state index contributed by atoms with van der Waals surface area (Å²) in [6.45, 7) is 0. The van der Waals surface area contributed by atoms with E-state index in [4.69, 9.17) is 9.97 Å². The number of benzene rings is 4. The Morgan fingerprint density at radius 3 is 1.32 bits per heavy atom. The average molecular weight is 453 g/mol. The second kappa shape index (κ2) is 7.93. The van der Waals surface area contributed by atoms with Crippen molar-refractivity contribution in [2.45, 2.75) is 9.79 Å². The Labute approximate surface area is 192 Å². The summed E-state index contributed by atoms with van der Waals surface area (Å²) in [5, 5.41) is 2.14. The zero-order valence-electron chi connectivity index (χ0n) is 16.4. The van der Waals surface area contributed by atoms with E-state index in [9.17, 15) is 0 Å². The molecule has 6 aromatic rings. The highest BCUT2D eigenvalue weighted by Crippen LogP contribution is 2.35. The van der Waals surface area contributed by atoms with Gasteiger partial charge in [0.1, 0.15) is 10.0 Å². The normalized spacial score (nSPS) is 11.4. The first kappa shape index (κ1) is 18.8. The van der Waals surface area contributed by atoms with Crippen LogP contribution in [0, 0.1) is 0 Å². The fourth-order valence-electron chi connectivity index (χ4n) is 3.46. The number of aromatic nitrogens is 2. The SMILES string of the molecule is c1ccc2sc(-c3ccc(Sc4ccc(-c5nc6ccccc6s5)cc4)cc3)nc2c1. The molecule has 5 heteroatoms.